The van der Waals surface area contributed by atoms with Crippen LogP contribution < -0.4 is 10.1 Å². The second-order valence-corrected chi connectivity index (χ2v) is 6.63. The van der Waals surface area contributed by atoms with E-state index in [0.717, 1.165) is 16.5 Å². The third kappa shape index (κ3) is 4.29. The highest BCUT2D eigenvalue weighted by molar-refractivity contribution is 9.10. The second-order valence-electron chi connectivity index (χ2n) is 5.72. The maximum Gasteiger partial charge on any atom is 0.266 e. The van der Waals surface area contributed by atoms with Gasteiger partial charge in [-0.25, -0.2) is 4.63 Å². The van der Waals surface area contributed by atoms with Gasteiger partial charge >= 0.3 is 0 Å². The maximum atomic E-state index is 12.4. The lowest BCUT2D eigenvalue weighted by atomic mass is 10.1. The van der Waals surface area contributed by atoms with Gasteiger partial charge in [-0.1, -0.05) is 47.1 Å². The number of ether oxygens (including phenoxy) is 1. The van der Waals surface area contributed by atoms with Crippen molar-refractivity contribution in [2.24, 2.45) is 0 Å². The predicted molar refractivity (Wildman–Crippen MR) is 102 cm³/mol. The lowest BCUT2D eigenvalue weighted by Gasteiger charge is -2.14. The van der Waals surface area contributed by atoms with Gasteiger partial charge in [0.15, 0.2) is 11.8 Å². The first-order chi connectivity index (χ1) is 12.6. The monoisotopic (exact) mass is 415 g/mol. The smallest absolute Gasteiger partial charge is 0.266 e. The van der Waals surface area contributed by atoms with E-state index in [2.05, 4.69) is 38.5 Å². The molecule has 1 N–H and O–H groups in total. The molecule has 1 heterocycles. The second kappa shape index (κ2) is 8.14. The summed E-state index contributed by atoms with van der Waals surface area (Å²) < 4.78 is 11.4. The molecule has 134 valence electrons. The number of halogens is 1. The number of aromatic nitrogens is 2. The quantitative estimate of drug-likeness (QED) is 0.642. The Morgan fingerprint density at radius 1 is 1.15 bits per heavy atom. The summed E-state index contributed by atoms with van der Waals surface area (Å²) in [5, 5.41) is 10.4. The van der Waals surface area contributed by atoms with E-state index in [1.165, 1.54) is 5.56 Å². The molecule has 0 saturated heterocycles. The average molecular weight is 416 g/mol. The van der Waals surface area contributed by atoms with Crippen LogP contribution in [-0.2, 0) is 11.2 Å². The van der Waals surface area contributed by atoms with Gasteiger partial charge in [0.1, 0.15) is 5.75 Å². The van der Waals surface area contributed by atoms with Crippen molar-refractivity contribution in [2.75, 3.05) is 5.32 Å². The van der Waals surface area contributed by atoms with Gasteiger partial charge in [0.05, 0.1) is 0 Å². The van der Waals surface area contributed by atoms with Crippen molar-refractivity contribution in [3.05, 3.63) is 58.6 Å². The Morgan fingerprint density at radius 3 is 2.50 bits per heavy atom. The number of nitrogens with one attached hydrogen (secondary N) is 1. The average Bonchev–Trinajstić information content (AvgIpc) is 3.11. The van der Waals surface area contributed by atoms with Crippen molar-refractivity contribution >= 4 is 27.7 Å². The molecular formula is C19H18BrN3O3. The number of rotatable bonds is 6. The van der Waals surface area contributed by atoms with Crippen LogP contribution >= 0.6 is 15.9 Å². The largest absolute Gasteiger partial charge is 0.481 e. The molecular weight excluding hydrogens is 398 g/mol. The third-order valence-electron chi connectivity index (χ3n) is 3.86. The number of carbonyl (C=O) groups is 1. The SMILES string of the molecule is CCc1ccc(OC(C)C(=O)Nc2nonc2-c2ccc(Br)cc2)cc1. The molecule has 1 aromatic heterocycles. The lowest BCUT2D eigenvalue weighted by Crippen LogP contribution is -2.30. The predicted octanol–water partition coefficient (Wildman–Crippen LogP) is 4.47. The van der Waals surface area contributed by atoms with Crippen molar-refractivity contribution in [1.29, 1.82) is 0 Å². The Bertz CT molecular complexity index is 876. The fraction of sp³-hybridized carbons (Fsp3) is 0.211. The number of benzene rings is 2. The number of anilines is 1. The van der Waals surface area contributed by atoms with Crippen LogP contribution in [-0.4, -0.2) is 22.3 Å². The number of amides is 1. The first-order valence-electron chi connectivity index (χ1n) is 8.21. The van der Waals surface area contributed by atoms with Crippen LogP contribution in [0.2, 0.25) is 0 Å². The zero-order valence-corrected chi connectivity index (χ0v) is 16.0. The summed E-state index contributed by atoms with van der Waals surface area (Å²) in [6, 6.07) is 15.1. The topological polar surface area (TPSA) is 77.2 Å². The minimum atomic E-state index is -0.697. The number of hydrogen-bond acceptors (Lipinski definition) is 5. The fourth-order valence-electron chi connectivity index (χ4n) is 2.35. The molecule has 3 rings (SSSR count). The summed E-state index contributed by atoms with van der Waals surface area (Å²) in [5.74, 6) is 0.559. The molecule has 0 saturated carbocycles. The van der Waals surface area contributed by atoms with Gasteiger partial charge in [-0.3, -0.25) is 4.79 Å². The summed E-state index contributed by atoms with van der Waals surface area (Å²) in [7, 11) is 0. The van der Waals surface area contributed by atoms with E-state index in [-0.39, 0.29) is 11.7 Å². The minimum Gasteiger partial charge on any atom is -0.481 e. The summed E-state index contributed by atoms with van der Waals surface area (Å²) in [4.78, 5) is 12.4. The van der Waals surface area contributed by atoms with Crippen LogP contribution in [0.5, 0.6) is 5.75 Å². The highest BCUT2D eigenvalue weighted by Gasteiger charge is 2.20. The van der Waals surface area contributed by atoms with Gasteiger partial charge in [-0.05, 0) is 53.5 Å². The van der Waals surface area contributed by atoms with Gasteiger partial charge < -0.3 is 10.1 Å². The molecule has 0 aliphatic carbocycles. The zero-order chi connectivity index (χ0) is 18.5. The fourth-order valence-corrected chi connectivity index (χ4v) is 2.61. The van der Waals surface area contributed by atoms with Crippen molar-refractivity contribution in [3.8, 4) is 17.0 Å². The first kappa shape index (κ1) is 18.1. The Morgan fingerprint density at radius 2 is 1.85 bits per heavy atom. The normalized spacial score (nSPS) is 11.8. The molecule has 0 fully saturated rings. The number of hydrogen-bond donors (Lipinski definition) is 1. The van der Waals surface area contributed by atoms with Crippen LogP contribution in [0.15, 0.2) is 57.6 Å². The molecule has 7 heteroatoms. The molecule has 3 aromatic rings. The van der Waals surface area contributed by atoms with Gasteiger partial charge in [-0.2, -0.15) is 0 Å². The Balaban J connectivity index is 1.67. The van der Waals surface area contributed by atoms with Crippen LogP contribution in [0.3, 0.4) is 0 Å². The maximum absolute atomic E-state index is 12.4. The molecule has 0 radical (unpaired) electrons. The van der Waals surface area contributed by atoms with Crippen molar-refractivity contribution in [1.82, 2.24) is 10.3 Å². The van der Waals surface area contributed by atoms with E-state index in [1.54, 1.807) is 6.92 Å². The van der Waals surface area contributed by atoms with Gasteiger partial charge in [0.2, 0.25) is 5.82 Å². The van der Waals surface area contributed by atoms with E-state index < -0.39 is 6.10 Å². The highest BCUT2D eigenvalue weighted by atomic mass is 79.9. The van der Waals surface area contributed by atoms with Gasteiger partial charge in [0, 0.05) is 10.0 Å². The van der Waals surface area contributed by atoms with E-state index >= 15 is 0 Å². The lowest BCUT2D eigenvalue weighted by molar-refractivity contribution is -0.122. The summed E-state index contributed by atoms with van der Waals surface area (Å²) in [6.45, 7) is 3.76. The summed E-state index contributed by atoms with van der Waals surface area (Å²) in [5.41, 5.74) is 2.46. The third-order valence-corrected chi connectivity index (χ3v) is 4.39. The molecule has 0 bridgehead atoms. The Labute approximate surface area is 159 Å². The molecule has 6 nitrogen and oxygen atoms in total. The van der Waals surface area contributed by atoms with E-state index in [9.17, 15) is 4.79 Å². The van der Waals surface area contributed by atoms with E-state index in [0.29, 0.717) is 11.4 Å². The number of carbonyl (C=O) groups excluding carboxylic acids is 1. The van der Waals surface area contributed by atoms with Gasteiger partial charge in [-0.15, -0.1) is 0 Å². The molecule has 2 aromatic carbocycles. The molecule has 1 atom stereocenters. The van der Waals surface area contributed by atoms with Crippen LogP contribution in [0.4, 0.5) is 5.82 Å². The molecule has 1 amide bonds. The minimum absolute atomic E-state index is 0.258. The van der Waals surface area contributed by atoms with Crippen LogP contribution in [0.1, 0.15) is 19.4 Å². The zero-order valence-electron chi connectivity index (χ0n) is 14.4. The van der Waals surface area contributed by atoms with Crippen molar-refractivity contribution in [3.63, 3.8) is 0 Å². The molecule has 0 spiro atoms. The first-order valence-corrected chi connectivity index (χ1v) is 9.01. The number of nitrogens with zero attached hydrogens (tertiary/aromatic N) is 2. The standard InChI is InChI=1S/C19H18BrN3O3/c1-3-13-4-10-16(11-5-13)25-12(2)19(24)21-18-17(22-26-23-18)14-6-8-15(20)9-7-14/h4-12H,3H2,1-2H3,(H,21,23,24). The number of aryl methyl sites for hydroxylation is 1. The van der Waals surface area contributed by atoms with Crippen molar-refractivity contribution in [2.45, 2.75) is 26.4 Å². The van der Waals surface area contributed by atoms with E-state index in [4.69, 9.17) is 9.37 Å². The van der Waals surface area contributed by atoms with Gasteiger partial charge in [0.25, 0.3) is 5.91 Å². The summed E-state index contributed by atoms with van der Waals surface area (Å²) >= 11 is 3.38. The molecule has 26 heavy (non-hydrogen) atoms. The summed E-state index contributed by atoms with van der Waals surface area (Å²) in [6.07, 6.45) is 0.255. The molecule has 0 aliphatic heterocycles. The van der Waals surface area contributed by atoms with E-state index in [1.807, 2.05) is 48.5 Å². The van der Waals surface area contributed by atoms with Crippen LogP contribution in [0.25, 0.3) is 11.3 Å². The molecule has 1 unspecified atom stereocenters. The molecule has 0 aliphatic rings. The van der Waals surface area contributed by atoms with Crippen LogP contribution in [0, 0.1) is 0 Å². The Kier molecular flexibility index (Phi) is 5.68. The highest BCUT2D eigenvalue weighted by Crippen LogP contribution is 2.26. The van der Waals surface area contributed by atoms with Crippen molar-refractivity contribution < 1.29 is 14.2 Å². The Hall–Kier alpha value is -2.67.